The molecule has 1 N–H and O–H groups in total. The first-order chi connectivity index (χ1) is 22.4. The molecule has 1 saturated heterocycles. The third-order valence-electron chi connectivity index (χ3n) is 14.6. The summed E-state index contributed by atoms with van der Waals surface area (Å²) in [5, 5.41) is 10.3. The van der Waals surface area contributed by atoms with Crippen LogP contribution in [-0.4, -0.2) is 65.1 Å². The van der Waals surface area contributed by atoms with Gasteiger partial charge in [0.25, 0.3) is 5.91 Å². The third kappa shape index (κ3) is 6.11. The predicted molar refractivity (Wildman–Crippen MR) is 197 cm³/mol. The van der Waals surface area contributed by atoms with E-state index in [0.717, 1.165) is 62.0 Å². The Bertz CT molecular complexity index is 1440. The molecule has 7 atom stereocenters. The lowest BCUT2D eigenvalue weighted by atomic mass is 9.35. The number of piperidine rings is 1. The Labute approximate surface area is 292 Å². The Balaban J connectivity index is 0.000000406. The van der Waals surface area contributed by atoms with E-state index in [1.807, 2.05) is 27.8 Å². The number of Topliss-reactive ketones (excluding diaryl/α,β-unsaturated/α-hetero) is 1. The van der Waals surface area contributed by atoms with Crippen molar-refractivity contribution in [3.63, 3.8) is 0 Å². The second-order valence-corrected chi connectivity index (χ2v) is 17.1. The number of ketones is 2. The van der Waals surface area contributed by atoms with Gasteiger partial charge in [0, 0.05) is 37.0 Å². The van der Waals surface area contributed by atoms with Gasteiger partial charge >= 0.3 is 0 Å². The largest absolute Gasteiger partial charge is 0.504 e. The Morgan fingerprint density at radius 2 is 1.65 bits per heavy atom. The summed E-state index contributed by atoms with van der Waals surface area (Å²) >= 11 is 0. The molecule has 0 bridgehead atoms. The van der Waals surface area contributed by atoms with Crippen LogP contribution in [0, 0.1) is 33.5 Å². The van der Waals surface area contributed by atoms with Crippen LogP contribution in [0.1, 0.15) is 133 Å². The number of fused-ring (bicyclic) bond motifs is 7. The van der Waals surface area contributed by atoms with E-state index in [1.54, 1.807) is 11.0 Å². The second-order valence-electron chi connectivity index (χ2n) is 17.1. The molecule has 5 aliphatic carbocycles. The lowest BCUT2D eigenvalue weighted by Crippen LogP contribution is -2.64. The molecule has 0 aromatic heterocycles. The molecule has 0 spiro atoms. The standard InChI is InChI=1S/C32H43NO4.C8H17N.C2H6/c1-19-21-9-10-24-30(5,22(21)17-23(35)26(19)36)14-16-32(7)25-18-29(4,33(8)27(37)20(2)34)13-11-28(25,3)12-15-31(24,32)6;1-3-8-5-4-6-9(2)7-8;1-2/h9-10,17,25,36H,11-16,18H2,1-8H3;8H,3-7H2,1-2H3;1-2H3/t25?,28?,29?,30?,31?,32-;;/m0../s1. The number of carbonyl (C=O) groups excluding carboxylic acids is 3. The van der Waals surface area contributed by atoms with Gasteiger partial charge in [-0.2, -0.15) is 0 Å². The number of allylic oxidation sites excluding steroid dienone is 7. The van der Waals surface area contributed by atoms with Crippen molar-refractivity contribution >= 4 is 17.5 Å². The van der Waals surface area contributed by atoms with Gasteiger partial charge < -0.3 is 14.9 Å². The molecule has 6 nitrogen and oxygen atoms in total. The number of likely N-dealkylation sites (N-methyl/N-ethyl adjacent to an activating group) is 1. The Morgan fingerprint density at radius 3 is 2.23 bits per heavy atom. The highest BCUT2D eigenvalue weighted by atomic mass is 16.3. The number of likely N-dealkylation sites (tertiary alicyclic amines) is 1. The lowest BCUT2D eigenvalue weighted by molar-refractivity contribution is -0.171. The van der Waals surface area contributed by atoms with Crippen LogP contribution >= 0.6 is 0 Å². The van der Waals surface area contributed by atoms with Crippen LogP contribution in [0.5, 0.6) is 0 Å². The van der Waals surface area contributed by atoms with Gasteiger partial charge in [0.1, 0.15) is 0 Å². The molecule has 4 fully saturated rings. The lowest BCUT2D eigenvalue weighted by Gasteiger charge is -2.70. The molecule has 0 aromatic carbocycles. The van der Waals surface area contributed by atoms with Crippen molar-refractivity contribution < 1.29 is 19.5 Å². The molecule has 0 aromatic rings. The minimum atomic E-state index is -0.397. The zero-order valence-corrected chi connectivity index (χ0v) is 32.4. The molecule has 1 heterocycles. The first-order valence-electron chi connectivity index (χ1n) is 18.9. The number of aliphatic hydroxyl groups is 1. The number of hydrogen-bond donors (Lipinski definition) is 1. The van der Waals surface area contributed by atoms with Crippen LogP contribution in [-0.2, 0) is 14.4 Å². The van der Waals surface area contributed by atoms with Crippen LogP contribution in [0.2, 0.25) is 0 Å². The van der Waals surface area contributed by atoms with Crippen molar-refractivity contribution in [1.29, 1.82) is 0 Å². The Kier molecular flexibility index (Phi) is 10.9. The van der Waals surface area contributed by atoms with E-state index >= 15 is 0 Å². The zero-order valence-electron chi connectivity index (χ0n) is 32.4. The van der Waals surface area contributed by atoms with E-state index in [2.05, 4.69) is 65.6 Å². The van der Waals surface area contributed by atoms with Gasteiger partial charge in [-0.1, -0.05) is 72.6 Å². The molecule has 0 radical (unpaired) electrons. The molecule has 3 saturated carbocycles. The molecule has 6 rings (SSSR count). The van der Waals surface area contributed by atoms with E-state index < -0.39 is 5.78 Å². The van der Waals surface area contributed by atoms with Crippen molar-refractivity contribution in [1.82, 2.24) is 9.80 Å². The molecule has 6 unspecified atom stereocenters. The summed E-state index contributed by atoms with van der Waals surface area (Å²) in [5.41, 5.74) is 3.70. The second kappa shape index (κ2) is 13.7. The summed E-state index contributed by atoms with van der Waals surface area (Å²) < 4.78 is 0. The number of aliphatic hydroxyl groups excluding tert-OH is 1. The van der Waals surface area contributed by atoms with E-state index in [1.165, 1.54) is 44.8 Å². The minimum absolute atomic E-state index is 0.0186. The highest BCUT2D eigenvalue weighted by Crippen LogP contribution is 2.75. The first-order valence-corrected chi connectivity index (χ1v) is 18.9. The molecule has 6 heteroatoms. The van der Waals surface area contributed by atoms with Gasteiger partial charge in [0.2, 0.25) is 11.6 Å². The molecular weight excluding hydrogens is 596 g/mol. The van der Waals surface area contributed by atoms with Gasteiger partial charge in [-0.05, 0) is 131 Å². The third-order valence-corrected chi connectivity index (χ3v) is 14.6. The number of amides is 1. The topological polar surface area (TPSA) is 77.9 Å². The van der Waals surface area contributed by atoms with Crippen molar-refractivity contribution in [3.05, 3.63) is 46.3 Å². The molecule has 1 amide bonds. The summed E-state index contributed by atoms with van der Waals surface area (Å²) in [4.78, 5) is 41.6. The SMILES string of the molecule is CC.CC(=O)C(=O)N(C)C1(C)CCC2(C)CCC3(C)C4=CC=C5C(=CC(=O)C(O)=C5C)C4(C)CC[C@@]3(C)C2C1.CCC1CCCN(C)C1. The summed E-state index contributed by atoms with van der Waals surface area (Å²) in [6, 6.07) is 0. The molecular formula is C42H66N2O4. The van der Waals surface area contributed by atoms with E-state index in [-0.39, 0.29) is 44.6 Å². The van der Waals surface area contributed by atoms with E-state index in [9.17, 15) is 19.5 Å². The summed E-state index contributed by atoms with van der Waals surface area (Å²) in [6.07, 6.45) is 17.4. The average Bonchev–Trinajstić information content (AvgIpc) is 3.06. The number of hydrogen-bond acceptors (Lipinski definition) is 5. The summed E-state index contributed by atoms with van der Waals surface area (Å²) in [6.45, 7) is 24.0. The summed E-state index contributed by atoms with van der Waals surface area (Å²) in [7, 11) is 4.03. The fraction of sp³-hybridized carbons (Fsp3) is 0.738. The van der Waals surface area contributed by atoms with Crippen molar-refractivity contribution in [2.24, 2.45) is 33.5 Å². The predicted octanol–water partition coefficient (Wildman–Crippen LogP) is 9.18. The fourth-order valence-electron chi connectivity index (χ4n) is 10.8. The highest BCUT2D eigenvalue weighted by Gasteiger charge is 2.67. The Hall–Kier alpha value is -2.47. The van der Waals surface area contributed by atoms with E-state index in [0.29, 0.717) is 11.5 Å². The van der Waals surface area contributed by atoms with Gasteiger partial charge in [-0.3, -0.25) is 14.4 Å². The van der Waals surface area contributed by atoms with E-state index in [4.69, 9.17) is 0 Å². The van der Waals surface area contributed by atoms with Crippen LogP contribution in [0.15, 0.2) is 46.3 Å². The van der Waals surface area contributed by atoms with Gasteiger partial charge in [0.05, 0.1) is 0 Å². The average molecular weight is 663 g/mol. The number of carbonyl (C=O) groups is 3. The van der Waals surface area contributed by atoms with Crippen molar-refractivity contribution in [2.75, 3.05) is 27.2 Å². The fourth-order valence-corrected chi connectivity index (χ4v) is 10.8. The molecule has 6 aliphatic rings. The molecule has 1 aliphatic heterocycles. The summed E-state index contributed by atoms with van der Waals surface area (Å²) in [5.74, 6) is 0.182. The first kappa shape index (κ1) is 38.3. The number of rotatable bonds is 3. The normalized spacial score (nSPS) is 38.9. The monoisotopic (exact) mass is 663 g/mol. The quantitative estimate of drug-likeness (QED) is 0.305. The molecule has 268 valence electrons. The maximum absolute atomic E-state index is 12.8. The zero-order chi connectivity index (χ0) is 36.0. The maximum atomic E-state index is 12.8. The van der Waals surface area contributed by atoms with Crippen LogP contribution < -0.4 is 0 Å². The Morgan fingerprint density at radius 1 is 1.00 bits per heavy atom. The highest BCUT2D eigenvalue weighted by molar-refractivity contribution is 6.35. The van der Waals surface area contributed by atoms with Crippen molar-refractivity contribution in [3.8, 4) is 0 Å². The van der Waals surface area contributed by atoms with Crippen LogP contribution in [0.4, 0.5) is 0 Å². The van der Waals surface area contributed by atoms with Crippen LogP contribution in [0.25, 0.3) is 0 Å². The van der Waals surface area contributed by atoms with Gasteiger partial charge in [0.15, 0.2) is 5.76 Å². The number of nitrogens with zero attached hydrogens (tertiary/aromatic N) is 2. The molecule has 48 heavy (non-hydrogen) atoms. The van der Waals surface area contributed by atoms with Gasteiger partial charge in [-0.25, -0.2) is 0 Å². The van der Waals surface area contributed by atoms with Crippen molar-refractivity contribution in [2.45, 2.75) is 139 Å². The van der Waals surface area contributed by atoms with Crippen LogP contribution in [0.3, 0.4) is 0 Å². The maximum Gasteiger partial charge on any atom is 0.289 e. The van der Waals surface area contributed by atoms with Gasteiger partial charge in [-0.15, -0.1) is 0 Å². The minimum Gasteiger partial charge on any atom is -0.504 e. The smallest absolute Gasteiger partial charge is 0.289 e.